The second kappa shape index (κ2) is 4.85. The van der Waals surface area contributed by atoms with Crippen molar-refractivity contribution in [3.05, 3.63) is 0 Å². The number of likely N-dealkylation sites (tertiary alicyclic amines) is 1. The molecule has 1 rings (SSSR count). The number of amides is 2. The summed E-state index contributed by atoms with van der Waals surface area (Å²) in [6, 6.07) is 1.63. The van der Waals surface area contributed by atoms with Gasteiger partial charge in [-0.05, 0) is 18.8 Å². The van der Waals surface area contributed by atoms with E-state index in [0.29, 0.717) is 0 Å². The summed E-state index contributed by atoms with van der Waals surface area (Å²) in [7, 11) is 0. The van der Waals surface area contributed by atoms with Crippen LogP contribution in [0.1, 0.15) is 26.7 Å². The molecule has 0 aromatic rings. The molecule has 0 aromatic carbocycles. The Labute approximate surface area is 84.9 Å². The molecule has 4 nitrogen and oxygen atoms in total. The van der Waals surface area contributed by atoms with E-state index in [9.17, 15) is 4.79 Å². The minimum atomic E-state index is -0.372. The molecular weight excluding hydrogens is 178 g/mol. The normalized spacial score (nSPS) is 18.0. The number of hydrogen-bond donors (Lipinski definition) is 1. The van der Waals surface area contributed by atoms with Crippen molar-refractivity contribution in [1.29, 1.82) is 5.26 Å². The maximum atomic E-state index is 11.6. The molecule has 0 radical (unpaired) electrons. The highest BCUT2D eigenvalue weighted by Crippen LogP contribution is 2.08. The van der Waals surface area contributed by atoms with E-state index >= 15 is 0 Å². The summed E-state index contributed by atoms with van der Waals surface area (Å²) in [6.07, 6.45) is 2.15. The maximum absolute atomic E-state index is 11.6. The van der Waals surface area contributed by atoms with Gasteiger partial charge in [0.1, 0.15) is 6.04 Å². The van der Waals surface area contributed by atoms with Crippen molar-refractivity contribution in [1.82, 2.24) is 10.2 Å². The van der Waals surface area contributed by atoms with Crippen molar-refractivity contribution in [3.8, 4) is 6.07 Å². The predicted octanol–water partition coefficient (Wildman–Crippen LogP) is 1.34. The smallest absolute Gasteiger partial charge is 0.318 e. The molecule has 1 unspecified atom stereocenters. The SMILES string of the molecule is CC(C)C(C#N)NC(=O)N1CCCC1. The van der Waals surface area contributed by atoms with Crippen LogP contribution < -0.4 is 5.32 Å². The van der Waals surface area contributed by atoms with Crippen molar-refractivity contribution < 1.29 is 4.79 Å². The van der Waals surface area contributed by atoms with E-state index in [1.807, 2.05) is 13.8 Å². The van der Waals surface area contributed by atoms with Gasteiger partial charge in [-0.3, -0.25) is 0 Å². The summed E-state index contributed by atoms with van der Waals surface area (Å²) in [5, 5.41) is 11.5. The lowest BCUT2D eigenvalue weighted by Gasteiger charge is -2.20. The van der Waals surface area contributed by atoms with Crippen LogP contribution in [0.15, 0.2) is 0 Å². The third kappa shape index (κ3) is 2.63. The van der Waals surface area contributed by atoms with E-state index in [4.69, 9.17) is 5.26 Å². The van der Waals surface area contributed by atoms with Crippen molar-refractivity contribution in [2.24, 2.45) is 5.92 Å². The number of carbonyl (C=O) groups is 1. The zero-order valence-corrected chi connectivity index (χ0v) is 8.79. The number of rotatable bonds is 2. The summed E-state index contributed by atoms with van der Waals surface area (Å²) in [5.41, 5.74) is 0. The minimum Gasteiger partial charge on any atom is -0.325 e. The van der Waals surface area contributed by atoms with Gasteiger partial charge in [-0.15, -0.1) is 0 Å². The minimum absolute atomic E-state index is 0.0947. The van der Waals surface area contributed by atoms with E-state index in [2.05, 4.69) is 11.4 Å². The number of nitrogens with zero attached hydrogens (tertiary/aromatic N) is 2. The molecule has 1 saturated heterocycles. The molecule has 4 heteroatoms. The Balaban J connectivity index is 2.42. The molecule has 0 aliphatic carbocycles. The summed E-state index contributed by atoms with van der Waals surface area (Å²) in [4.78, 5) is 13.4. The first-order chi connectivity index (χ1) is 6.65. The lowest BCUT2D eigenvalue weighted by Crippen LogP contribution is -2.45. The number of hydrogen-bond acceptors (Lipinski definition) is 2. The molecule has 1 N–H and O–H groups in total. The zero-order chi connectivity index (χ0) is 10.6. The fraction of sp³-hybridized carbons (Fsp3) is 0.800. The average Bonchev–Trinajstić information content (AvgIpc) is 2.65. The van der Waals surface area contributed by atoms with Gasteiger partial charge in [0.25, 0.3) is 0 Å². The van der Waals surface area contributed by atoms with Gasteiger partial charge in [-0.1, -0.05) is 13.8 Å². The Hall–Kier alpha value is -1.24. The van der Waals surface area contributed by atoms with Crippen LogP contribution in [0.2, 0.25) is 0 Å². The molecule has 1 heterocycles. The molecule has 14 heavy (non-hydrogen) atoms. The summed E-state index contributed by atoms with van der Waals surface area (Å²) >= 11 is 0. The van der Waals surface area contributed by atoms with E-state index < -0.39 is 0 Å². The molecule has 1 aliphatic rings. The average molecular weight is 195 g/mol. The van der Waals surface area contributed by atoms with Gasteiger partial charge >= 0.3 is 6.03 Å². The highest BCUT2D eigenvalue weighted by atomic mass is 16.2. The van der Waals surface area contributed by atoms with E-state index in [-0.39, 0.29) is 18.0 Å². The number of nitrogens with one attached hydrogen (secondary N) is 1. The molecule has 1 atom stereocenters. The molecule has 78 valence electrons. The van der Waals surface area contributed by atoms with Gasteiger partial charge in [-0.2, -0.15) is 5.26 Å². The molecular formula is C10H17N3O. The standard InChI is InChI=1S/C10H17N3O/c1-8(2)9(7-11)12-10(14)13-5-3-4-6-13/h8-9H,3-6H2,1-2H3,(H,12,14). The quantitative estimate of drug-likeness (QED) is 0.723. The number of urea groups is 1. The number of carbonyl (C=O) groups excluding carboxylic acids is 1. The molecule has 0 saturated carbocycles. The van der Waals surface area contributed by atoms with E-state index in [1.165, 1.54) is 0 Å². The van der Waals surface area contributed by atoms with Crippen molar-refractivity contribution in [2.75, 3.05) is 13.1 Å². The van der Waals surface area contributed by atoms with Crippen LogP contribution in [-0.4, -0.2) is 30.1 Å². The Morgan fingerprint density at radius 3 is 2.43 bits per heavy atom. The largest absolute Gasteiger partial charge is 0.325 e. The Bertz CT molecular complexity index is 238. The van der Waals surface area contributed by atoms with Crippen molar-refractivity contribution in [2.45, 2.75) is 32.7 Å². The van der Waals surface area contributed by atoms with Crippen LogP contribution in [0.4, 0.5) is 4.79 Å². The van der Waals surface area contributed by atoms with Gasteiger partial charge in [0, 0.05) is 13.1 Å². The molecule has 0 bridgehead atoms. The summed E-state index contributed by atoms with van der Waals surface area (Å²) in [6.45, 7) is 5.50. The molecule has 0 aromatic heterocycles. The Kier molecular flexibility index (Phi) is 3.75. The molecule has 1 aliphatic heterocycles. The van der Waals surface area contributed by atoms with Gasteiger partial charge < -0.3 is 10.2 Å². The maximum Gasteiger partial charge on any atom is 0.318 e. The van der Waals surface area contributed by atoms with Crippen LogP contribution in [0.25, 0.3) is 0 Å². The third-order valence-corrected chi connectivity index (χ3v) is 2.48. The molecule has 0 spiro atoms. The predicted molar refractivity (Wildman–Crippen MR) is 53.6 cm³/mol. The topological polar surface area (TPSA) is 56.1 Å². The Morgan fingerprint density at radius 2 is 2.00 bits per heavy atom. The highest BCUT2D eigenvalue weighted by Gasteiger charge is 2.21. The first-order valence-electron chi connectivity index (χ1n) is 5.10. The van der Waals surface area contributed by atoms with Gasteiger partial charge in [0.05, 0.1) is 6.07 Å². The van der Waals surface area contributed by atoms with Gasteiger partial charge in [-0.25, -0.2) is 4.79 Å². The summed E-state index contributed by atoms with van der Waals surface area (Å²) < 4.78 is 0. The third-order valence-electron chi connectivity index (χ3n) is 2.48. The first-order valence-corrected chi connectivity index (χ1v) is 5.10. The Morgan fingerprint density at radius 1 is 1.43 bits per heavy atom. The fourth-order valence-electron chi connectivity index (χ4n) is 1.49. The molecule has 1 fully saturated rings. The lowest BCUT2D eigenvalue weighted by molar-refractivity contribution is 0.204. The monoisotopic (exact) mass is 195 g/mol. The summed E-state index contributed by atoms with van der Waals surface area (Å²) in [5.74, 6) is 0.159. The van der Waals surface area contributed by atoms with Crippen LogP contribution in [0.3, 0.4) is 0 Å². The van der Waals surface area contributed by atoms with Crippen LogP contribution >= 0.6 is 0 Å². The van der Waals surface area contributed by atoms with E-state index in [0.717, 1.165) is 25.9 Å². The second-order valence-electron chi connectivity index (χ2n) is 3.99. The van der Waals surface area contributed by atoms with Crippen molar-refractivity contribution in [3.63, 3.8) is 0 Å². The fourth-order valence-corrected chi connectivity index (χ4v) is 1.49. The zero-order valence-electron chi connectivity index (χ0n) is 8.79. The van der Waals surface area contributed by atoms with Crippen LogP contribution in [-0.2, 0) is 0 Å². The first kappa shape index (κ1) is 10.8. The number of nitriles is 1. The van der Waals surface area contributed by atoms with Gasteiger partial charge in [0.2, 0.25) is 0 Å². The highest BCUT2D eigenvalue weighted by molar-refractivity contribution is 5.75. The van der Waals surface area contributed by atoms with E-state index in [1.54, 1.807) is 4.90 Å². The van der Waals surface area contributed by atoms with Crippen LogP contribution in [0, 0.1) is 17.2 Å². The van der Waals surface area contributed by atoms with Gasteiger partial charge in [0.15, 0.2) is 0 Å². The van der Waals surface area contributed by atoms with Crippen molar-refractivity contribution >= 4 is 6.03 Å². The van der Waals surface area contributed by atoms with Crippen LogP contribution in [0.5, 0.6) is 0 Å². The second-order valence-corrected chi connectivity index (χ2v) is 3.99. The lowest BCUT2D eigenvalue weighted by atomic mass is 10.1. The molecule has 2 amide bonds.